The SMILES string of the molecule is CCc1nccn1CCN1CCO[C@H](c2ccc(Cl)c(Cl)c2)C1. The first-order valence-corrected chi connectivity index (χ1v) is 8.72. The molecular formula is C17H21Cl2N3O. The topological polar surface area (TPSA) is 30.3 Å². The summed E-state index contributed by atoms with van der Waals surface area (Å²) >= 11 is 12.1. The first kappa shape index (κ1) is 16.8. The lowest BCUT2D eigenvalue weighted by Crippen LogP contribution is -2.40. The fraction of sp³-hybridized carbons (Fsp3) is 0.471. The predicted octanol–water partition coefficient (Wildman–Crippen LogP) is 3.83. The van der Waals surface area contributed by atoms with Gasteiger partial charge in [0.15, 0.2) is 0 Å². The van der Waals surface area contributed by atoms with Gasteiger partial charge in [0.05, 0.1) is 22.8 Å². The summed E-state index contributed by atoms with van der Waals surface area (Å²) in [5.74, 6) is 1.14. The van der Waals surface area contributed by atoms with Gasteiger partial charge in [-0.05, 0) is 17.7 Å². The van der Waals surface area contributed by atoms with Crippen LogP contribution in [-0.2, 0) is 17.7 Å². The lowest BCUT2D eigenvalue weighted by Gasteiger charge is -2.33. The molecule has 0 unspecified atom stereocenters. The van der Waals surface area contributed by atoms with E-state index in [2.05, 4.69) is 27.6 Å². The zero-order valence-electron chi connectivity index (χ0n) is 13.2. The van der Waals surface area contributed by atoms with Crippen molar-refractivity contribution in [3.05, 3.63) is 52.0 Å². The van der Waals surface area contributed by atoms with E-state index in [-0.39, 0.29) is 6.10 Å². The molecule has 1 fully saturated rings. The van der Waals surface area contributed by atoms with Gasteiger partial charge in [-0.1, -0.05) is 36.2 Å². The number of morpholine rings is 1. The van der Waals surface area contributed by atoms with Crippen molar-refractivity contribution >= 4 is 23.2 Å². The summed E-state index contributed by atoms with van der Waals surface area (Å²) in [6, 6.07) is 5.73. The summed E-state index contributed by atoms with van der Waals surface area (Å²) < 4.78 is 8.13. The second-order valence-corrected chi connectivity index (χ2v) is 6.54. The van der Waals surface area contributed by atoms with Crippen molar-refractivity contribution in [3.63, 3.8) is 0 Å². The molecule has 1 aliphatic heterocycles. The molecule has 4 nitrogen and oxygen atoms in total. The Balaban J connectivity index is 1.60. The molecule has 1 atom stereocenters. The van der Waals surface area contributed by atoms with Crippen LogP contribution in [0.4, 0.5) is 0 Å². The van der Waals surface area contributed by atoms with Crippen LogP contribution in [0.1, 0.15) is 24.4 Å². The molecular weight excluding hydrogens is 333 g/mol. The highest BCUT2D eigenvalue weighted by molar-refractivity contribution is 6.42. The van der Waals surface area contributed by atoms with E-state index in [4.69, 9.17) is 27.9 Å². The molecule has 0 N–H and O–H groups in total. The van der Waals surface area contributed by atoms with Crippen LogP contribution in [0.15, 0.2) is 30.6 Å². The molecule has 6 heteroatoms. The van der Waals surface area contributed by atoms with E-state index in [0.29, 0.717) is 10.0 Å². The summed E-state index contributed by atoms with van der Waals surface area (Å²) in [7, 11) is 0. The van der Waals surface area contributed by atoms with E-state index in [1.54, 1.807) is 0 Å². The second kappa shape index (κ2) is 7.67. The van der Waals surface area contributed by atoms with Gasteiger partial charge in [0.25, 0.3) is 0 Å². The molecule has 0 aliphatic carbocycles. The van der Waals surface area contributed by atoms with Gasteiger partial charge in [-0.25, -0.2) is 4.98 Å². The highest BCUT2D eigenvalue weighted by Crippen LogP contribution is 2.29. The maximum atomic E-state index is 6.12. The third-order valence-corrected chi connectivity index (χ3v) is 4.98. The zero-order chi connectivity index (χ0) is 16.2. The summed E-state index contributed by atoms with van der Waals surface area (Å²) in [6.07, 6.45) is 4.93. The van der Waals surface area contributed by atoms with Gasteiger partial charge >= 0.3 is 0 Å². The third-order valence-electron chi connectivity index (χ3n) is 4.24. The summed E-state index contributed by atoms with van der Waals surface area (Å²) in [4.78, 5) is 6.80. The molecule has 0 saturated carbocycles. The number of halogens is 2. The summed E-state index contributed by atoms with van der Waals surface area (Å²) in [5.41, 5.74) is 1.08. The third kappa shape index (κ3) is 4.07. The molecule has 1 saturated heterocycles. The standard InChI is InChI=1S/C17H21Cl2N3O/c1-2-17-20-5-6-22(17)8-7-21-9-10-23-16(12-21)13-3-4-14(18)15(19)11-13/h3-6,11,16H,2,7-10,12H2,1H3/t16-/m0/s1. The van der Waals surface area contributed by atoms with Crippen LogP contribution in [0, 0.1) is 0 Å². The quantitative estimate of drug-likeness (QED) is 0.818. The number of imidazole rings is 1. The highest BCUT2D eigenvalue weighted by Gasteiger charge is 2.22. The molecule has 0 spiro atoms. The van der Waals surface area contributed by atoms with E-state index in [1.807, 2.05) is 24.4 Å². The number of rotatable bonds is 5. The molecule has 1 aromatic carbocycles. The number of ether oxygens (including phenoxy) is 1. The van der Waals surface area contributed by atoms with Crippen LogP contribution in [-0.4, -0.2) is 40.7 Å². The van der Waals surface area contributed by atoms with Crippen molar-refractivity contribution in [3.8, 4) is 0 Å². The number of aromatic nitrogens is 2. The van der Waals surface area contributed by atoms with Gasteiger partial charge in [-0.15, -0.1) is 0 Å². The highest BCUT2D eigenvalue weighted by atomic mass is 35.5. The number of aryl methyl sites for hydroxylation is 1. The largest absolute Gasteiger partial charge is 0.371 e. The first-order valence-electron chi connectivity index (χ1n) is 7.96. The fourth-order valence-corrected chi connectivity index (χ4v) is 3.23. The number of hydrogen-bond donors (Lipinski definition) is 0. The summed E-state index contributed by atoms with van der Waals surface area (Å²) in [6.45, 7) is 6.63. The maximum Gasteiger partial charge on any atom is 0.108 e. The maximum absolute atomic E-state index is 6.12. The Kier molecular flexibility index (Phi) is 5.59. The molecule has 2 aromatic rings. The number of hydrogen-bond acceptors (Lipinski definition) is 3. The Morgan fingerprint density at radius 1 is 1.26 bits per heavy atom. The molecule has 0 bridgehead atoms. The minimum Gasteiger partial charge on any atom is -0.371 e. The Hall–Kier alpha value is -1.07. The van der Waals surface area contributed by atoms with Gasteiger partial charge in [-0.3, -0.25) is 4.90 Å². The number of benzene rings is 1. The van der Waals surface area contributed by atoms with Crippen molar-refractivity contribution in [2.75, 3.05) is 26.2 Å². The van der Waals surface area contributed by atoms with Crippen molar-refractivity contribution in [1.82, 2.24) is 14.5 Å². The van der Waals surface area contributed by atoms with Crippen LogP contribution >= 0.6 is 23.2 Å². The molecule has 0 amide bonds. The van der Waals surface area contributed by atoms with Crippen LogP contribution in [0.3, 0.4) is 0 Å². The van der Waals surface area contributed by atoms with E-state index in [0.717, 1.165) is 50.6 Å². The lowest BCUT2D eigenvalue weighted by molar-refractivity contribution is -0.0309. The molecule has 0 radical (unpaired) electrons. The minimum absolute atomic E-state index is 0.0481. The van der Waals surface area contributed by atoms with Crippen molar-refractivity contribution < 1.29 is 4.74 Å². The van der Waals surface area contributed by atoms with Crippen molar-refractivity contribution in [1.29, 1.82) is 0 Å². The average Bonchev–Trinajstić information content (AvgIpc) is 3.03. The van der Waals surface area contributed by atoms with Gasteiger partial charge in [0, 0.05) is 45.0 Å². The Labute approximate surface area is 147 Å². The smallest absolute Gasteiger partial charge is 0.108 e. The molecule has 3 rings (SSSR count). The average molecular weight is 354 g/mol. The minimum atomic E-state index is 0.0481. The monoisotopic (exact) mass is 353 g/mol. The van der Waals surface area contributed by atoms with Crippen LogP contribution < -0.4 is 0 Å². The van der Waals surface area contributed by atoms with E-state index in [9.17, 15) is 0 Å². The van der Waals surface area contributed by atoms with E-state index >= 15 is 0 Å². The van der Waals surface area contributed by atoms with Crippen LogP contribution in [0.25, 0.3) is 0 Å². The van der Waals surface area contributed by atoms with E-state index < -0.39 is 0 Å². The lowest BCUT2D eigenvalue weighted by atomic mass is 10.1. The van der Waals surface area contributed by atoms with Gasteiger partial charge < -0.3 is 9.30 Å². The van der Waals surface area contributed by atoms with Crippen LogP contribution in [0.2, 0.25) is 10.0 Å². The second-order valence-electron chi connectivity index (χ2n) is 5.72. The van der Waals surface area contributed by atoms with E-state index in [1.165, 1.54) is 0 Å². The Morgan fingerprint density at radius 2 is 2.13 bits per heavy atom. The fourth-order valence-electron chi connectivity index (χ4n) is 2.93. The zero-order valence-corrected chi connectivity index (χ0v) is 14.7. The Bertz CT molecular complexity index is 659. The predicted molar refractivity (Wildman–Crippen MR) is 93.2 cm³/mol. The normalized spacial score (nSPS) is 19.2. The molecule has 1 aliphatic rings. The molecule has 23 heavy (non-hydrogen) atoms. The molecule has 124 valence electrons. The Morgan fingerprint density at radius 3 is 2.91 bits per heavy atom. The van der Waals surface area contributed by atoms with Gasteiger partial charge in [0.2, 0.25) is 0 Å². The number of nitrogens with zero attached hydrogens (tertiary/aromatic N) is 3. The summed E-state index contributed by atoms with van der Waals surface area (Å²) in [5, 5.41) is 1.16. The van der Waals surface area contributed by atoms with Gasteiger partial charge in [0.1, 0.15) is 5.82 Å². The molecule has 2 heterocycles. The first-order chi connectivity index (χ1) is 11.2. The van der Waals surface area contributed by atoms with Gasteiger partial charge in [-0.2, -0.15) is 0 Å². The van der Waals surface area contributed by atoms with Crippen molar-refractivity contribution in [2.24, 2.45) is 0 Å². The van der Waals surface area contributed by atoms with Crippen molar-refractivity contribution in [2.45, 2.75) is 26.0 Å². The molecule has 1 aromatic heterocycles. The van der Waals surface area contributed by atoms with Crippen LogP contribution in [0.5, 0.6) is 0 Å².